The molecule has 29 heavy (non-hydrogen) atoms. The molecule has 8 heteroatoms. The summed E-state index contributed by atoms with van der Waals surface area (Å²) in [7, 11) is 1.70. The maximum absolute atomic E-state index is 14.1. The first kappa shape index (κ1) is 16.6. The molecule has 2 bridgehead atoms. The molecule has 3 aliphatic carbocycles. The quantitative estimate of drug-likeness (QED) is 0.581. The van der Waals surface area contributed by atoms with Gasteiger partial charge >= 0.3 is 5.69 Å². The number of aromatic nitrogens is 5. The van der Waals surface area contributed by atoms with Gasteiger partial charge in [0.15, 0.2) is 5.65 Å². The Labute approximate surface area is 165 Å². The van der Waals surface area contributed by atoms with E-state index in [0.29, 0.717) is 36.4 Å². The number of hydrogen-bond donors (Lipinski definition) is 1. The summed E-state index contributed by atoms with van der Waals surface area (Å²) in [6, 6.07) is 7.92. The first-order valence-corrected chi connectivity index (χ1v) is 9.64. The summed E-state index contributed by atoms with van der Waals surface area (Å²) in [6.45, 7) is 2.00. The SMILES string of the molecule is Cc1cc2ncccc2cc1Nc1ncc2c(n1)n(C13CC(F)(C1)C3)c(=O)n2C. The van der Waals surface area contributed by atoms with Crippen molar-refractivity contribution in [2.75, 3.05) is 5.32 Å². The minimum absolute atomic E-state index is 0.166. The molecule has 3 aromatic heterocycles. The Balaban J connectivity index is 1.45. The van der Waals surface area contributed by atoms with Crippen LogP contribution < -0.4 is 11.0 Å². The van der Waals surface area contributed by atoms with Crippen molar-refractivity contribution < 1.29 is 4.39 Å². The van der Waals surface area contributed by atoms with Crippen molar-refractivity contribution in [1.82, 2.24) is 24.1 Å². The van der Waals surface area contributed by atoms with Crippen molar-refractivity contribution in [3.8, 4) is 0 Å². The van der Waals surface area contributed by atoms with E-state index in [-0.39, 0.29) is 5.69 Å². The summed E-state index contributed by atoms with van der Waals surface area (Å²) in [4.78, 5) is 26.3. The first-order valence-electron chi connectivity index (χ1n) is 9.64. The van der Waals surface area contributed by atoms with Crippen molar-refractivity contribution in [1.29, 1.82) is 0 Å². The topological polar surface area (TPSA) is 77.6 Å². The van der Waals surface area contributed by atoms with E-state index < -0.39 is 11.2 Å². The molecule has 0 aliphatic heterocycles. The van der Waals surface area contributed by atoms with Crippen LogP contribution in [0, 0.1) is 6.92 Å². The van der Waals surface area contributed by atoms with E-state index in [9.17, 15) is 9.18 Å². The number of fused-ring (bicyclic) bond motifs is 2. The number of anilines is 2. The number of nitrogens with one attached hydrogen (secondary N) is 1. The van der Waals surface area contributed by atoms with E-state index in [2.05, 4.69) is 20.3 Å². The fourth-order valence-electron chi connectivity index (χ4n) is 4.93. The minimum atomic E-state index is -1.09. The third kappa shape index (κ3) is 2.17. The smallest absolute Gasteiger partial charge is 0.324 e. The number of nitrogens with zero attached hydrogens (tertiary/aromatic N) is 5. The van der Waals surface area contributed by atoms with Gasteiger partial charge < -0.3 is 5.32 Å². The second-order valence-electron chi connectivity index (χ2n) is 8.47. The zero-order valence-corrected chi connectivity index (χ0v) is 16.1. The molecule has 1 N–H and O–H groups in total. The highest BCUT2D eigenvalue weighted by molar-refractivity contribution is 5.85. The molecule has 0 spiro atoms. The lowest BCUT2D eigenvalue weighted by atomic mass is 9.47. The molecule has 146 valence electrons. The average Bonchev–Trinajstić information content (AvgIpc) is 2.89. The van der Waals surface area contributed by atoms with E-state index in [1.54, 1.807) is 24.0 Å². The minimum Gasteiger partial charge on any atom is -0.324 e. The Morgan fingerprint density at radius 3 is 2.76 bits per heavy atom. The second-order valence-corrected chi connectivity index (χ2v) is 8.47. The lowest BCUT2D eigenvalue weighted by Gasteiger charge is -2.65. The van der Waals surface area contributed by atoms with Crippen LogP contribution >= 0.6 is 0 Å². The Morgan fingerprint density at radius 1 is 1.21 bits per heavy atom. The maximum Gasteiger partial charge on any atom is 0.330 e. The lowest BCUT2D eigenvalue weighted by Crippen LogP contribution is -2.71. The fourth-order valence-corrected chi connectivity index (χ4v) is 4.93. The van der Waals surface area contributed by atoms with E-state index in [0.717, 1.165) is 22.2 Å². The molecule has 3 aliphatic rings. The van der Waals surface area contributed by atoms with Gasteiger partial charge in [-0.2, -0.15) is 4.98 Å². The zero-order valence-electron chi connectivity index (χ0n) is 16.1. The van der Waals surface area contributed by atoms with Crippen molar-refractivity contribution in [2.45, 2.75) is 37.4 Å². The molecular formula is C21H19FN6O. The number of aryl methyl sites for hydroxylation is 2. The normalized spacial score (nSPS) is 25.1. The van der Waals surface area contributed by atoms with Crippen molar-refractivity contribution in [3.63, 3.8) is 0 Å². The first-order chi connectivity index (χ1) is 13.9. The van der Waals surface area contributed by atoms with Crippen LogP contribution in [0.25, 0.3) is 22.1 Å². The van der Waals surface area contributed by atoms with Gasteiger partial charge in [-0.25, -0.2) is 14.2 Å². The van der Waals surface area contributed by atoms with Crippen LogP contribution in [-0.4, -0.2) is 29.8 Å². The number of hydrogen-bond acceptors (Lipinski definition) is 5. The lowest BCUT2D eigenvalue weighted by molar-refractivity contribution is -0.197. The number of rotatable bonds is 3. The van der Waals surface area contributed by atoms with Gasteiger partial charge in [0.25, 0.3) is 0 Å². The van der Waals surface area contributed by atoms with Crippen LogP contribution in [0.2, 0.25) is 0 Å². The van der Waals surface area contributed by atoms with E-state index >= 15 is 0 Å². The number of alkyl halides is 1. The predicted molar refractivity (Wildman–Crippen MR) is 108 cm³/mol. The van der Waals surface area contributed by atoms with Gasteiger partial charge in [0.05, 0.1) is 17.3 Å². The Kier molecular flexibility index (Phi) is 2.98. The number of halogens is 1. The standard InChI is InChI=1S/C21H19FN6O/c1-12-6-15-13(4-3-5-23-15)7-14(12)25-18-24-8-16-17(26-18)28(19(29)27(16)2)21-9-20(22,10-21)11-21/h3-8H,9-11H2,1-2H3,(H,24,25,26). The molecule has 0 radical (unpaired) electrons. The Bertz CT molecular complexity index is 1370. The van der Waals surface area contributed by atoms with Crippen molar-refractivity contribution in [2.24, 2.45) is 7.05 Å². The Hall–Kier alpha value is -3.29. The number of imidazole rings is 1. The highest BCUT2D eigenvalue weighted by Crippen LogP contribution is 2.67. The highest BCUT2D eigenvalue weighted by Gasteiger charge is 2.71. The molecule has 7 nitrogen and oxygen atoms in total. The van der Waals surface area contributed by atoms with Gasteiger partial charge in [-0.05, 0) is 30.7 Å². The van der Waals surface area contributed by atoms with Crippen LogP contribution in [-0.2, 0) is 12.6 Å². The summed E-state index contributed by atoms with van der Waals surface area (Å²) in [5, 5.41) is 4.29. The van der Waals surface area contributed by atoms with Crippen molar-refractivity contribution >= 4 is 33.7 Å². The summed E-state index contributed by atoms with van der Waals surface area (Å²) in [5.41, 5.74) is 2.34. The average molecular weight is 390 g/mol. The summed E-state index contributed by atoms with van der Waals surface area (Å²) >= 11 is 0. The summed E-state index contributed by atoms with van der Waals surface area (Å²) in [6.07, 6.45) is 4.60. The van der Waals surface area contributed by atoms with E-state index in [1.807, 2.05) is 31.2 Å². The molecule has 3 heterocycles. The van der Waals surface area contributed by atoms with Gasteiger partial charge in [-0.15, -0.1) is 0 Å². The van der Waals surface area contributed by atoms with Gasteiger partial charge in [0.1, 0.15) is 11.2 Å². The van der Waals surface area contributed by atoms with Gasteiger partial charge in [0.2, 0.25) is 5.95 Å². The second kappa shape index (κ2) is 5.20. The van der Waals surface area contributed by atoms with Crippen LogP contribution in [0.1, 0.15) is 24.8 Å². The summed E-state index contributed by atoms with van der Waals surface area (Å²) < 4.78 is 17.3. The van der Waals surface area contributed by atoms with Gasteiger partial charge in [-0.1, -0.05) is 6.07 Å². The molecule has 0 atom stereocenters. The molecule has 0 amide bonds. The molecule has 0 unspecified atom stereocenters. The Morgan fingerprint density at radius 2 is 2.00 bits per heavy atom. The maximum atomic E-state index is 14.1. The molecule has 3 fully saturated rings. The number of benzene rings is 1. The van der Waals surface area contributed by atoms with Gasteiger partial charge in [-0.3, -0.25) is 14.1 Å². The molecule has 3 saturated carbocycles. The van der Waals surface area contributed by atoms with E-state index in [1.165, 1.54) is 4.57 Å². The largest absolute Gasteiger partial charge is 0.330 e. The van der Waals surface area contributed by atoms with Crippen LogP contribution in [0.3, 0.4) is 0 Å². The van der Waals surface area contributed by atoms with Crippen molar-refractivity contribution in [3.05, 3.63) is 52.7 Å². The monoisotopic (exact) mass is 390 g/mol. The summed E-state index contributed by atoms with van der Waals surface area (Å²) in [5.74, 6) is 0.407. The van der Waals surface area contributed by atoms with Crippen LogP contribution in [0.15, 0.2) is 41.5 Å². The molecule has 0 saturated heterocycles. The van der Waals surface area contributed by atoms with Crippen LogP contribution in [0.5, 0.6) is 0 Å². The highest BCUT2D eigenvalue weighted by atomic mass is 19.1. The van der Waals surface area contributed by atoms with Crippen LogP contribution in [0.4, 0.5) is 16.0 Å². The third-order valence-corrected chi connectivity index (χ3v) is 6.41. The molecular weight excluding hydrogens is 371 g/mol. The van der Waals surface area contributed by atoms with Gasteiger partial charge in [0, 0.05) is 43.6 Å². The third-order valence-electron chi connectivity index (χ3n) is 6.41. The zero-order chi connectivity index (χ0) is 20.0. The molecule has 7 rings (SSSR count). The fraction of sp³-hybridized carbons (Fsp3) is 0.333. The number of pyridine rings is 1. The molecule has 4 aromatic rings. The molecule has 1 aromatic carbocycles. The predicted octanol–water partition coefficient (Wildman–Crippen LogP) is 3.33. The van der Waals surface area contributed by atoms with E-state index in [4.69, 9.17) is 0 Å².